The monoisotopic (exact) mass is 344 g/mol. The van der Waals surface area contributed by atoms with E-state index < -0.39 is 0 Å². The third-order valence-corrected chi connectivity index (χ3v) is 4.92. The van der Waals surface area contributed by atoms with Crippen LogP contribution >= 0.6 is 11.3 Å². The van der Waals surface area contributed by atoms with Gasteiger partial charge < -0.3 is 0 Å². The summed E-state index contributed by atoms with van der Waals surface area (Å²) >= 11 is 1.39. The molecular formula is C16H20N6OS. The molecular weight excluding hydrogens is 324 g/mol. The molecule has 3 aromatic heterocycles. The minimum Gasteiger partial charge on any atom is -0.296 e. The molecule has 0 aliphatic carbocycles. The molecule has 0 bridgehead atoms. The molecule has 1 atom stereocenters. The van der Waals surface area contributed by atoms with Crippen LogP contribution in [0.5, 0.6) is 0 Å². The largest absolute Gasteiger partial charge is 0.296 e. The highest BCUT2D eigenvalue weighted by atomic mass is 32.1. The average Bonchev–Trinajstić information content (AvgIpc) is 3.19. The van der Waals surface area contributed by atoms with Crippen LogP contribution in [0.15, 0.2) is 12.3 Å². The molecule has 1 amide bonds. The van der Waals surface area contributed by atoms with Crippen LogP contribution in [-0.2, 0) is 6.42 Å². The van der Waals surface area contributed by atoms with Gasteiger partial charge in [0.25, 0.3) is 5.91 Å². The Labute approximate surface area is 144 Å². The van der Waals surface area contributed by atoms with Crippen molar-refractivity contribution in [1.82, 2.24) is 25.0 Å². The third kappa shape index (κ3) is 3.01. The van der Waals surface area contributed by atoms with E-state index in [-0.39, 0.29) is 11.9 Å². The van der Waals surface area contributed by atoms with Crippen molar-refractivity contribution in [3.8, 4) is 0 Å². The van der Waals surface area contributed by atoms with Gasteiger partial charge in [-0.2, -0.15) is 5.10 Å². The molecule has 3 aromatic rings. The van der Waals surface area contributed by atoms with Gasteiger partial charge in [0.15, 0.2) is 5.65 Å². The lowest BCUT2D eigenvalue weighted by atomic mass is 10.1. The van der Waals surface area contributed by atoms with Gasteiger partial charge in [-0.3, -0.25) is 10.1 Å². The van der Waals surface area contributed by atoms with Crippen molar-refractivity contribution in [3.63, 3.8) is 0 Å². The van der Waals surface area contributed by atoms with Crippen molar-refractivity contribution >= 4 is 33.4 Å². The van der Waals surface area contributed by atoms with E-state index in [2.05, 4.69) is 39.4 Å². The Morgan fingerprint density at radius 1 is 1.38 bits per heavy atom. The molecule has 0 unspecified atom stereocenters. The number of anilines is 1. The number of hydrogen-bond acceptors (Lipinski definition) is 6. The van der Waals surface area contributed by atoms with Gasteiger partial charge in [-0.1, -0.05) is 25.2 Å². The number of pyridine rings is 1. The molecule has 8 heteroatoms. The summed E-state index contributed by atoms with van der Waals surface area (Å²) in [6.45, 7) is 8.07. The molecule has 0 radical (unpaired) electrons. The SMILES string of the molecule is CCc1nnc(NC(=O)c2cc(C)nc3c2cnn3[C@@H](C)CC)s1. The van der Waals surface area contributed by atoms with Gasteiger partial charge in [-0.25, -0.2) is 9.67 Å². The molecule has 0 saturated heterocycles. The lowest BCUT2D eigenvalue weighted by molar-refractivity contribution is 0.102. The van der Waals surface area contributed by atoms with Crippen molar-refractivity contribution in [2.75, 3.05) is 5.32 Å². The van der Waals surface area contributed by atoms with Crippen LogP contribution in [0.1, 0.15) is 54.3 Å². The predicted molar refractivity (Wildman–Crippen MR) is 94.5 cm³/mol. The lowest BCUT2D eigenvalue weighted by Gasteiger charge is -2.11. The van der Waals surface area contributed by atoms with E-state index in [9.17, 15) is 4.79 Å². The van der Waals surface area contributed by atoms with Gasteiger partial charge in [-0.05, 0) is 32.8 Å². The van der Waals surface area contributed by atoms with Crippen molar-refractivity contribution in [2.24, 2.45) is 0 Å². The standard InChI is InChI=1S/C16H20N6OS/c1-5-10(4)22-14-12(8-17-22)11(7-9(3)18-14)15(23)19-16-21-20-13(6-2)24-16/h7-8,10H,5-6H2,1-4H3,(H,19,21,23)/t10-/m0/s1. The summed E-state index contributed by atoms with van der Waals surface area (Å²) < 4.78 is 1.87. The molecule has 1 N–H and O–H groups in total. The van der Waals surface area contributed by atoms with Crippen LogP contribution in [0.25, 0.3) is 11.0 Å². The van der Waals surface area contributed by atoms with Gasteiger partial charge in [0.1, 0.15) is 5.01 Å². The second-order valence-corrected chi connectivity index (χ2v) is 6.77. The topological polar surface area (TPSA) is 85.6 Å². The van der Waals surface area contributed by atoms with Crippen molar-refractivity contribution in [1.29, 1.82) is 0 Å². The average molecular weight is 344 g/mol. The van der Waals surface area contributed by atoms with Crippen LogP contribution in [-0.4, -0.2) is 30.9 Å². The number of hydrogen-bond donors (Lipinski definition) is 1. The number of nitrogens with zero attached hydrogens (tertiary/aromatic N) is 5. The third-order valence-electron chi connectivity index (χ3n) is 3.94. The van der Waals surface area contributed by atoms with Gasteiger partial charge in [-0.15, -0.1) is 10.2 Å². The molecule has 0 saturated carbocycles. The fourth-order valence-corrected chi connectivity index (χ4v) is 3.11. The second-order valence-electron chi connectivity index (χ2n) is 5.70. The Morgan fingerprint density at radius 3 is 2.83 bits per heavy atom. The molecule has 24 heavy (non-hydrogen) atoms. The number of rotatable bonds is 5. The first kappa shape index (κ1) is 16.5. The highest BCUT2D eigenvalue weighted by Gasteiger charge is 2.18. The molecule has 0 spiro atoms. The number of amides is 1. The maximum Gasteiger partial charge on any atom is 0.258 e. The summed E-state index contributed by atoms with van der Waals surface area (Å²) in [5.41, 5.74) is 2.07. The Hall–Kier alpha value is -2.35. The summed E-state index contributed by atoms with van der Waals surface area (Å²) in [4.78, 5) is 17.3. The molecule has 0 aromatic carbocycles. The summed E-state index contributed by atoms with van der Waals surface area (Å²) in [5.74, 6) is -0.215. The highest BCUT2D eigenvalue weighted by Crippen LogP contribution is 2.24. The maximum absolute atomic E-state index is 12.7. The zero-order valence-electron chi connectivity index (χ0n) is 14.2. The number of nitrogens with one attached hydrogen (secondary N) is 1. The van der Waals surface area contributed by atoms with Gasteiger partial charge >= 0.3 is 0 Å². The van der Waals surface area contributed by atoms with Crippen molar-refractivity contribution in [2.45, 2.75) is 46.6 Å². The van der Waals surface area contributed by atoms with Crippen molar-refractivity contribution < 1.29 is 4.79 Å². The number of aromatic nitrogens is 5. The number of carbonyl (C=O) groups excluding carboxylic acids is 1. The van der Waals surface area contributed by atoms with E-state index in [1.165, 1.54) is 11.3 Å². The molecule has 3 rings (SSSR count). The predicted octanol–water partition coefficient (Wildman–Crippen LogP) is 3.38. The molecule has 7 nitrogen and oxygen atoms in total. The number of fused-ring (bicyclic) bond motifs is 1. The quantitative estimate of drug-likeness (QED) is 0.767. The van der Waals surface area contributed by atoms with Crippen LogP contribution < -0.4 is 5.32 Å². The number of aryl methyl sites for hydroxylation is 2. The Bertz CT molecular complexity index is 884. The minimum atomic E-state index is -0.215. The van der Waals surface area contributed by atoms with E-state index in [4.69, 9.17) is 0 Å². The first-order valence-corrected chi connectivity index (χ1v) is 8.83. The zero-order valence-corrected chi connectivity index (χ0v) is 15.0. The van der Waals surface area contributed by atoms with E-state index >= 15 is 0 Å². The van der Waals surface area contributed by atoms with Crippen LogP contribution in [0.2, 0.25) is 0 Å². The van der Waals surface area contributed by atoms with Gasteiger partial charge in [0, 0.05) is 5.69 Å². The minimum absolute atomic E-state index is 0.215. The summed E-state index contributed by atoms with van der Waals surface area (Å²) in [7, 11) is 0. The van der Waals surface area contributed by atoms with Gasteiger partial charge in [0.2, 0.25) is 5.13 Å². The summed E-state index contributed by atoms with van der Waals surface area (Å²) in [6, 6.07) is 2.00. The molecule has 126 valence electrons. The highest BCUT2D eigenvalue weighted by molar-refractivity contribution is 7.15. The summed E-state index contributed by atoms with van der Waals surface area (Å²) in [5, 5.41) is 17.4. The molecule has 0 aliphatic heterocycles. The van der Waals surface area contributed by atoms with E-state index in [1.807, 2.05) is 18.5 Å². The zero-order chi connectivity index (χ0) is 17.3. The Balaban J connectivity index is 1.99. The van der Waals surface area contributed by atoms with E-state index in [1.54, 1.807) is 12.3 Å². The first-order chi connectivity index (χ1) is 11.5. The Kier molecular flexibility index (Phi) is 4.57. The van der Waals surface area contributed by atoms with Crippen LogP contribution in [0.3, 0.4) is 0 Å². The van der Waals surface area contributed by atoms with Crippen LogP contribution in [0.4, 0.5) is 5.13 Å². The lowest BCUT2D eigenvalue weighted by Crippen LogP contribution is -2.13. The molecule has 0 fully saturated rings. The van der Waals surface area contributed by atoms with Crippen molar-refractivity contribution in [3.05, 3.63) is 28.5 Å². The second kappa shape index (κ2) is 6.64. The first-order valence-electron chi connectivity index (χ1n) is 8.02. The van der Waals surface area contributed by atoms with E-state index in [0.29, 0.717) is 10.7 Å². The van der Waals surface area contributed by atoms with Crippen LogP contribution in [0, 0.1) is 6.92 Å². The smallest absolute Gasteiger partial charge is 0.258 e. The fraction of sp³-hybridized carbons (Fsp3) is 0.438. The normalized spacial score (nSPS) is 12.5. The van der Waals surface area contributed by atoms with Gasteiger partial charge in [0.05, 0.1) is 23.2 Å². The summed E-state index contributed by atoms with van der Waals surface area (Å²) in [6.07, 6.45) is 3.45. The Morgan fingerprint density at radius 2 is 2.17 bits per heavy atom. The maximum atomic E-state index is 12.7. The number of carbonyl (C=O) groups is 1. The molecule has 3 heterocycles. The molecule has 0 aliphatic rings. The fourth-order valence-electron chi connectivity index (χ4n) is 2.44. The van der Waals surface area contributed by atoms with E-state index in [0.717, 1.165) is 34.6 Å².